The van der Waals surface area contributed by atoms with Crippen LogP contribution in [-0.4, -0.2) is 5.97 Å². The predicted octanol–water partition coefficient (Wildman–Crippen LogP) is 4.57. The van der Waals surface area contributed by atoms with Crippen molar-refractivity contribution in [3.8, 4) is 0 Å². The summed E-state index contributed by atoms with van der Waals surface area (Å²) < 4.78 is 6.61. The molecule has 1 aliphatic rings. The quantitative estimate of drug-likeness (QED) is 0.609. The summed E-state index contributed by atoms with van der Waals surface area (Å²) in [5.41, 5.74) is 2.59. The van der Waals surface area contributed by atoms with E-state index in [2.05, 4.69) is 17.5 Å². The summed E-state index contributed by atoms with van der Waals surface area (Å²) in [5.74, 6) is 0.362. The largest absolute Gasteiger partial charge is 0.422 e. The highest BCUT2D eigenvalue weighted by atomic mass is 32.1. The number of ether oxygens (including phenoxy) is 1. The Labute approximate surface area is 119 Å². The van der Waals surface area contributed by atoms with Crippen molar-refractivity contribution in [2.24, 2.45) is 0 Å². The van der Waals surface area contributed by atoms with Crippen LogP contribution < -0.4 is 0 Å². The lowest BCUT2D eigenvalue weighted by molar-refractivity contribution is 0.0717. The molecule has 3 aromatic rings. The van der Waals surface area contributed by atoms with E-state index in [4.69, 9.17) is 4.74 Å². The van der Waals surface area contributed by atoms with Crippen LogP contribution in [0, 0.1) is 0 Å². The molecule has 2 heterocycles. The summed E-state index contributed by atoms with van der Waals surface area (Å²) in [7, 11) is 0. The van der Waals surface area contributed by atoms with Crippen LogP contribution in [0.2, 0.25) is 0 Å². The van der Waals surface area contributed by atoms with Gasteiger partial charge in [0.2, 0.25) is 0 Å². The molecule has 1 aliphatic heterocycles. The van der Waals surface area contributed by atoms with Crippen LogP contribution in [-0.2, 0) is 4.74 Å². The fourth-order valence-corrected chi connectivity index (χ4v) is 3.36. The molecule has 2 nitrogen and oxygen atoms in total. The Hall–Kier alpha value is -2.39. The molecule has 0 saturated heterocycles. The van der Waals surface area contributed by atoms with Crippen LogP contribution in [0.3, 0.4) is 0 Å². The summed E-state index contributed by atoms with van der Waals surface area (Å²) in [4.78, 5) is 11.8. The van der Waals surface area contributed by atoms with Gasteiger partial charge >= 0.3 is 5.97 Å². The van der Waals surface area contributed by atoms with Gasteiger partial charge in [0.25, 0.3) is 0 Å². The third kappa shape index (κ3) is 1.67. The van der Waals surface area contributed by atoms with Gasteiger partial charge in [-0.15, -0.1) is 11.3 Å². The molecule has 0 amide bonds. The van der Waals surface area contributed by atoms with Gasteiger partial charge in [-0.1, -0.05) is 36.4 Å². The minimum Gasteiger partial charge on any atom is -0.422 e. The Morgan fingerprint density at radius 1 is 0.950 bits per heavy atom. The smallest absolute Gasteiger partial charge is 0.344 e. The van der Waals surface area contributed by atoms with Crippen LogP contribution in [0.15, 0.2) is 53.9 Å². The third-order valence-electron chi connectivity index (χ3n) is 3.41. The molecule has 96 valence electrons. The maximum absolute atomic E-state index is 11.8. The van der Waals surface area contributed by atoms with Gasteiger partial charge in [0, 0.05) is 10.3 Å². The van der Waals surface area contributed by atoms with Crippen LogP contribution in [0.4, 0.5) is 0 Å². The lowest BCUT2D eigenvalue weighted by Gasteiger charge is -1.98. The van der Waals surface area contributed by atoms with E-state index in [0.717, 1.165) is 11.1 Å². The van der Waals surface area contributed by atoms with Crippen LogP contribution in [0.25, 0.3) is 21.9 Å². The van der Waals surface area contributed by atoms with Crippen molar-refractivity contribution in [3.63, 3.8) is 0 Å². The molecular weight excluding hydrogens is 268 g/mol. The molecule has 3 heteroatoms. The number of thiophene rings is 1. The minimum absolute atomic E-state index is 0.272. The first-order valence-corrected chi connectivity index (χ1v) is 7.20. The van der Waals surface area contributed by atoms with Crippen LogP contribution in [0.1, 0.15) is 21.5 Å². The number of hydrogen-bond acceptors (Lipinski definition) is 3. The zero-order valence-corrected chi connectivity index (χ0v) is 11.3. The van der Waals surface area contributed by atoms with Crippen molar-refractivity contribution >= 4 is 39.2 Å². The molecule has 0 N–H and O–H groups in total. The standard InChI is InChI=1S/C17H10O2S/c18-17-14-7-2-1-6-13(14)15(19-17)9-11-10-20-16-8-4-3-5-12(11)16/h1-10H. The van der Waals surface area contributed by atoms with Gasteiger partial charge in [-0.3, -0.25) is 0 Å². The van der Waals surface area contributed by atoms with Gasteiger partial charge in [0.05, 0.1) is 5.56 Å². The van der Waals surface area contributed by atoms with Gasteiger partial charge in [-0.05, 0) is 34.5 Å². The minimum atomic E-state index is -0.272. The lowest BCUT2D eigenvalue weighted by Crippen LogP contribution is -1.92. The van der Waals surface area contributed by atoms with Crippen molar-refractivity contribution in [2.75, 3.05) is 0 Å². The molecule has 0 aliphatic carbocycles. The molecular formula is C17H10O2S. The van der Waals surface area contributed by atoms with Gasteiger partial charge in [0.1, 0.15) is 5.76 Å². The summed E-state index contributed by atoms with van der Waals surface area (Å²) in [5, 5.41) is 3.28. The second kappa shape index (κ2) is 4.32. The predicted molar refractivity (Wildman–Crippen MR) is 81.6 cm³/mol. The van der Waals surface area contributed by atoms with Crippen molar-refractivity contribution < 1.29 is 9.53 Å². The Morgan fingerprint density at radius 2 is 1.70 bits per heavy atom. The number of hydrogen-bond donors (Lipinski definition) is 0. The van der Waals surface area contributed by atoms with Crippen LogP contribution >= 0.6 is 11.3 Å². The number of carbonyl (C=O) groups excluding carboxylic acids is 1. The highest BCUT2D eigenvalue weighted by molar-refractivity contribution is 7.17. The Bertz CT molecular complexity index is 858. The van der Waals surface area contributed by atoms with E-state index in [1.165, 1.54) is 10.1 Å². The lowest BCUT2D eigenvalue weighted by atomic mass is 10.1. The van der Waals surface area contributed by atoms with E-state index in [0.29, 0.717) is 11.3 Å². The highest BCUT2D eigenvalue weighted by Gasteiger charge is 2.25. The van der Waals surface area contributed by atoms with E-state index in [1.54, 1.807) is 17.4 Å². The van der Waals surface area contributed by atoms with Gasteiger partial charge in [-0.2, -0.15) is 0 Å². The molecule has 0 radical (unpaired) electrons. The van der Waals surface area contributed by atoms with E-state index in [1.807, 2.05) is 36.4 Å². The number of benzene rings is 2. The highest BCUT2D eigenvalue weighted by Crippen LogP contribution is 2.34. The van der Waals surface area contributed by atoms with E-state index >= 15 is 0 Å². The van der Waals surface area contributed by atoms with E-state index < -0.39 is 0 Å². The van der Waals surface area contributed by atoms with Gasteiger partial charge < -0.3 is 4.74 Å². The maximum Gasteiger partial charge on any atom is 0.344 e. The number of fused-ring (bicyclic) bond motifs is 2. The van der Waals surface area contributed by atoms with Crippen molar-refractivity contribution in [1.82, 2.24) is 0 Å². The molecule has 1 aromatic heterocycles. The molecule has 0 unspecified atom stereocenters. The molecule has 0 bridgehead atoms. The van der Waals surface area contributed by atoms with E-state index in [-0.39, 0.29) is 5.97 Å². The van der Waals surface area contributed by atoms with Crippen molar-refractivity contribution in [2.45, 2.75) is 0 Å². The average molecular weight is 278 g/mol. The first kappa shape index (κ1) is 11.4. The fourth-order valence-electron chi connectivity index (χ4n) is 2.44. The summed E-state index contributed by atoms with van der Waals surface area (Å²) >= 11 is 1.69. The number of carbonyl (C=O) groups is 1. The first-order chi connectivity index (χ1) is 9.83. The SMILES string of the molecule is O=C1OC(=Cc2csc3ccccc23)c2ccccc21. The zero-order valence-electron chi connectivity index (χ0n) is 10.5. The molecule has 4 rings (SSSR count). The molecule has 2 aromatic carbocycles. The van der Waals surface area contributed by atoms with Crippen LogP contribution in [0.5, 0.6) is 0 Å². The molecule has 0 saturated carbocycles. The molecule has 20 heavy (non-hydrogen) atoms. The third-order valence-corrected chi connectivity index (χ3v) is 4.39. The zero-order chi connectivity index (χ0) is 13.5. The number of cyclic esters (lactones) is 1. The molecule has 0 spiro atoms. The number of esters is 1. The Balaban J connectivity index is 1.88. The second-order valence-corrected chi connectivity index (χ2v) is 5.54. The summed E-state index contributed by atoms with van der Waals surface area (Å²) in [6.07, 6.45) is 1.95. The first-order valence-electron chi connectivity index (χ1n) is 6.32. The normalized spacial score (nSPS) is 15.6. The summed E-state index contributed by atoms with van der Waals surface area (Å²) in [6, 6.07) is 15.7. The fraction of sp³-hybridized carbons (Fsp3) is 0. The Morgan fingerprint density at radius 3 is 2.60 bits per heavy atom. The van der Waals surface area contributed by atoms with Crippen molar-refractivity contribution in [3.05, 3.63) is 70.6 Å². The van der Waals surface area contributed by atoms with Crippen molar-refractivity contribution in [1.29, 1.82) is 0 Å². The van der Waals surface area contributed by atoms with Gasteiger partial charge in [-0.25, -0.2) is 4.79 Å². The molecule has 0 atom stereocenters. The maximum atomic E-state index is 11.8. The topological polar surface area (TPSA) is 26.3 Å². The Kier molecular flexibility index (Phi) is 2.47. The second-order valence-electron chi connectivity index (χ2n) is 4.63. The summed E-state index contributed by atoms with van der Waals surface area (Å²) in [6.45, 7) is 0. The average Bonchev–Trinajstić information content (AvgIpc) is 3.03. The van der Waals surface area contributed by atoms with E-state index in [9.17, 15) is 4.79 Å². The number of rotatable bonds is 1. The monoisotopic (exact) mass is 278 g/mol. The van der Waals surface area contributed by atoms with Gasteiger partial charge in [0.15, 0.2) is 0 Å². The molecule has 0 fully saturated rings.